The lowest BCUT2D eigenvalue weighted by Crippen LogP contribution is -2.39. The van der Waals surface area contributed by atoms with Gasteiger partial charge in [0.1, 0.15) is 6.61 Å². The van der Waals surface area contributed by atoms with Crippen LogP contribution in [0.1, 0.15) is 46.5 Å². The number of carbonyl (C=O) groups excluding carboxylic acids is 1. The molecule has 3 nitrogen and oxygen atoms in total. The number of ether oxygens (including phenoxy) is 1. The van der Waals surface area contributed by atoms with Crippen LogP contribution in [0.5, 0.6) is 0 Å². The smallest absolute Gasteiger partial charge is 0.246 e. The van der Waals surface area contributed by atoms with Crippen molar-refractivity contribution in [2.24, 2.45) is 5.92 Å². The second-order valence-electron chi connectivity index (χ2n) is 4.76. The molecule has 1 aliphatic carbocycles. The van der Waals surface area contributed by atoms with Crippen molar-refractivity contribution in [1.29, 1.82) is 0 Å². The van der Waals surface area contributed by atoms with Crippen LogP contribution < -0.4 is 5.32 Å². The van der Waals surface area contributed by atoms with Crippen LogP contribution in [0.25, 0.3) is 0 Å². The van der Waals surface area contributed by atoms with Gasteiger partial charge in [0.2, 0.25) is 5.91 Å². The van der Waals surface area contributed by atoms with Crippen molar-refractivity contribution in [3.63, 3.8) is 0 Å². The molecule has 1 rings (SSSR count). The summed E-state index contributed by atoms with van der Waals surface area (Å²) in [6, 6.07) is 0.302. The predicted molar refractivity (Wildman–Crippen MR) is 60.7 cm³/mol. The molecule has 0 bridgehead atoms. The first-order valence-corrected chi connectivity index (χ1v) is 6.00. The lowest BCUT2D eigenvalue weighted by Gasteiger charge is -2.20. The van der Waals surface area contributed by atoms with E-state index in [1.54, 1.807) is 0 Å². The Balaban J connectivity index is 2.18. The van der Waals surface area contributed by atoms with Gasteiger partial charge in [-0.05, 0) is 39.5 Å². The van der Waals surface area contributed by atoms with Gasteiger partial charge >= 0.3 is 0 Å². The first-order chi connectivity index (χ1) is 7.09. The van der Waals surface area contributed by atoms with Crippen molar-refractivity contribution >= 4 is 5.91 Å². The van der Waals surface area contributed by atoms with E-state index in [1.807, 2.05) is 13.8 Å². The topological polar surface area (TPSA) is 38.3 Å². The standard InChI is InChI=1S/C12H23NO2/c1-9(2)15-8-12(14)13-10(3)11-6-4-5-7-11/h9-11H,4-8H2,1-3H3,(H,13,14). The number of nitrogens with one attached hydrogen (secondary N) is 1. The minimum atomic E-state index is 0.0168. The fourth-order valence-corrected chi connectivity index (χ4v) is 2.11. The Kier molecular flexibility index (Phi) is 5.09. The van der Waals surface area contributed by atoms with Gasteiger partial charge in [0.05, 0.1) is 6.10 Å². The molecule has 0 aromatic rings. The van der Waals surface area contributed by atoms with Gasteiger partial charge in [-0.3, -0.25) is 4.79 Å². The molecule has 0 spiro atoms. The van der Waals surface area contributed by atoms with E-state index < -0.39 is 0 Å². The highest BCUT2D eigenvalue weighted by molar-refractivity contribution is 5.77. The monoisotopic (exact) mass is 213 g/mol. The second-order valence-corrected chi connectivity index (χ2v) is 4.76. The minimum Gasteiger partial charge on any atom is -0.369 e. The molecule has 1 aliphatic rings. The summed E-state index contributed by atoms with van der Waals surface area (Å²) in [6.45, 7) is 6.17. The fraction of sp³-hybridized carbons (Fsp3) is 0.917. The maximum atomic E-state index is 11.5. The zero-order chi connectivity index (χ0) is 11.3. The molecule has 0 aromatic carbocycles. The molecule has 0 aromatic heterocycles. The molecule has 1 unspecified atom stereocenters. The highest BCUT2D eigenvalue weighted by Crippen LogP contribution is 2.27. The molecule has 1 atom stereocenters. The van der Waals surface area contributed by atoms with Gasteiger partial charge in [0, 0.05) is 6.04 Å². The maximum Gasteiger partial charge on any atom is 0.246 e. The largest absolute Gasteiger partial charge is 0.369 e. The van der Waals surface area contributed by atoms with Crippen molar-refractivity contribution < 1.29 is 9.53 Å². The van der Waals surface area contributed by atoms with Crippen molar-refractivity contribution in [3.8, 4) is 0 Å². The van der Waals surface area contributed by atoms with E-state index in [0.29, 0.717) is 12.0 Å². The molecule has 0 radical (unpaired) electrons. The highest BCUT2D eigenvalue weighted by Gasteiger charge is 2.22. The Bertz CT molecular complexity index is 198. The summed E-state index contributed by atoms with van der Waals surface area (Å²) in [6.07, 6.45) is 5.26. The Hall–Kier alpha value is -0.570. The highest BCUT2D eigenvalue weighted by atomic mass is 16.5. The Labute approximate surface area is 92.6 Å². The third-order valence-electron chi connectivity index (χ3n) is 3.04. The van der Waals surface area contributed by atoms with Crippen molar-refractivity contribution in [1.82, 2.24) is 5.32 Å². The molecule has 0 saturated heterocycles. The molecule has 0 aliphatic heterocycles. The number of hydrogen-bond acceptors (Lipinski definition) is 2. The van der Waals surface area contributed by atoms with Gasteiger partial charge in [0.25, 0.3) is 0 Å². The van der Waals surface area contributed by atoms with E-state index in [9.17, 15) is 4.79 Å². The van der Waals surface area contributed by atoms with E-state index in [-0.39, 0.29) is 18.6 Å². The minimum absolute atomic E-state index is 0.0168. The summed E-state index contributed by atoms with van der Waals surface area (Å²) in [5, 5.41) is 3.01. The summed E-state index contributed by atoms with van der Waals surface area (Å²) in [5.41, 5.74) is 0. The van der Waals surface area contributed by atoms with Crippen LogP contribution in [0.4, 0.5) is 0 Å². The quantitative estimate of drug-likeness (QED) is 0.759. The normalized spacial score (nSPS) is 19.5. The Morgan fingerprint density at radius 2 is 1.93 bits per heavy atom. The summed E-state index contributed by atoms with van der Waals surface area (Å²) < 4.78 is 5.26. The summed E-state index contributed by atoms with van der Waals surface area (Å²) in [7, 11) is 0. The third kappa shape index (κ3) is 4.65. The van der Waals surface area contributed by atoms with Gasteiger partial charge < -0.3 is 10.1 Å². The zero-order valence-electron chi connectivity index (χ0n) is 10.1. The van der Waals surface area contributed by atoms with Crippen molar-refractivity contribution in [3.05, 3.63) is 0 Å². The number of amides is 1. The van der Waals surface area contributed by atoms with Crippen molar-refractivity contribution in [2.45, 2.75) is 58.6 Å². The average Bonchev–Trinajstić information content (AvgIpc) is 2.67. The average molecular weight is 213 g/mol. The van der Waals surface area contributed by atoms with Gasteiger partial charge in [-0.25, -0.2) is 0 Å². The fourth-order valence-electron chi connectivity index (χ4n) is 2.11. The van der Waals surface area contributed by atoms with Gasteiger partial charge in [-0.15, -0.1) is 0 Å². The van der Waals surface area contributed by atoms with Crippen LogP contribution >= 0.6 is 0 Å². The van der Waals surface area contributed by atoms with Gasteiger partial charge in [-0.2, -0.15) is 0 Å². The summed E-state index contributed by atoms with van der Waals surface area (Å²) in [4.78, 5) is 11.5. The van der Waals surface area contributed by atoms with Crippen LogP contribution in [0, 0.1) is 5.92 Å². The molecule has 88 valence electrons. The molecule has 0 heterocycles. The first-order valence-electron chi connectivity index (χ1n) is 6.00. The van der Waals surface area contributed by atoms with E-state index >= 15 is 0 Å². The van der Waals surface area contributed by atoms with Crippen LogP contribution in [0.15, 0.2) is 0 Å². The predicted octanol–water partition coefficient (Wildman–Crippen LogP) is 2.11. The number of hydrogen-bond donors (Lipinski definition) is 1. The molecular weight excluding hydrogens is 190 g/mol. The molecule has 1 N–H and O–H groups in total. The third-order valence-corrected chi connectivity index (χ3v) is 3.04. The van der Waals surface area contributed by atoms with E-state index in [4.69, 9.17) is 4.74 Å². The molecule has 1 saturated carbocycles. The van der Waals surface area contributed by atoms with E-state index in [2.05, 4.69) is 12.2 Å². The Morgan fingerprint density at radius 1 is 1.33 bits per heavy atom. The summed E-state index contributed by atoms with van der Waals surface area (Å²) >= 11 is 0. The van der Waals surface area contributed by atoms with Crippen LogP contribution in [0.2, 0.25) is 0 Å². The summed E-state index contributed by atoms with van der Waals surface area (Å²) in [5.74, 6) is 0.691. The molecule has 3 heteroatoms. The van der Waals surface area contributed by atoms with Gasteiger partial charge in [-0.1, -0.05) is 12.8 Å². The SMILES string of the molecule is CC(C)OCC(=O)NC(C)C1CCCC1. The first kappa shape index (κ1) is 12.5. The van der Waals surface area contributed by atoms with Crippen LogP contribution in [-0.4, -0.2) is 24.7 Å². The van der Waals surface area contributed by atoms with E-state index in [1.165, 1.54) is 25.7 Å². The van der Waals surface area contributed by atoms with Crippen LogP contribution in [-0.2, 0) is 9.53 Å². The molecule has 15 heavy (non-hydrogen) atoms. The lowest BCUT2D eigenvalue weighted by atomic mass is 10.00. The van der Waals surface area contributed by atoms with Crippen LogP contribution in [0.3, 0.4) is 0 Å². The molecule has 1 amide bonds. The Morgan fingerprint density at radius 3 is 2.47 bits per heavy atom. The molecule has 1 fully saturated rings. The second kappa shape index (κ2) is 6.11. The maximum absolute atomic E-state index is 11.5. The van der Waals surface area contributed by atoms with Crippen molar-refractivity contribution in [2.75, 3.05) is 6.61 Å². The van der Waals surface area contributed by atoms with E-state index in [0.717, 1.165) is 0 Å². The lowest BCUT2D eigenvalue weighted by molar-refractivity contribution is -0.128. The number of rotatable bonds is 5. The molecular formula is C12H23NO2. The van der Waals surface area contributed by atoms with Gasteiger partial charge in [0.15, 0.2) is 0 Å². The number of carbonyl (C=O) groups is 1. The zero-order valence-corrected chi connectivity index (χ0v) is 10.1.